The zero-order valence-electron chi connectivity index (χ0n) is 7.77. The van der Waals surface area contributed by atoms with Crippen molar-refractivity contribution >= 4 is 11.9 Å². The lowest BCUT2D eigenvalue weighted by atomic mass is 10.5. The Labute approximate surface area is 75.9 Å². The number of aliphatic imine (C=N–C) groups is 1. The number of nitrogens with zero attached hydrogens (tertiary/aromatic N) is 4. The third-order valence-corrected chi connectivity index (χ3v) is 1.54. The molecule has 72 valence electrons. The van der Waals surface area contributed by atoms with Gasteiger partial charge in [0.25, 0.3) is 0 Å². The van der Waals surface area contributed by atoms with E-state index in [1.165, 1.54) is 0 Å². The molecule has 0 aromatic rings. The Hall–Kier alpha value is -1.66. The average molecular weight is 184 g/mol. The van der Waals surface area contributed by atoms with E-state index >= 15 is 0 Å². The van der Waals surface area contributed by atoms with Gasteiger partial charge in [0.15, 0.2) is 0 Å². The van der Waals surface area contributed by atoms with Crippen molar-refractivity contribution in [3.05, 3.63) is 4.91 Å². The van der Waals surface area contributed by atoms with E-state index in [9.17, 15) is 4.91 Å². The summed E-state index contributed by atoms with van der Waals surface area (Å²) < 4.78 is 0. The Kier molecular flexibility index (Phi) is 2.45. The first-order valence-electron chi connectivity index (χ1n) is 3.80. The molecule has 0 saturated carbocycles. The first-order chi connectivity index (χ1) is 6.06. The Morgan fingerprint density at radius 2 is 2.31 bits per heavy atom. The van der Waals surface area contributed by atoms with Gasteiger partial charge in [-0.25, -0.2) is 4.99 Å². The highest BCUT2D eigenvalue weighted by Crippen LogP contribution is 2.04. The van der Waals surface area contributed by atoms with Gasteiger partial charge in [-0.1, -0.05) is 0 Å². The smallest absolute Gasteiger partial charge is 0.229 e. The van der Waals surface area contributed by atoms with Gasteiger partial charge in [0.05, 0.1) is 5.29 Å². The molecule has 0 saturated heterocycles. The van der Waals surface area contributed by atoms with Gasteiger partial charge >= 0.3 is 0 Å². The Morgan fingerprint density at radius 1 is 1.69 bits per heavy atom. The van der Waals surface area contributed by atoms with Crippen molar-refractivity contribution in [3.63, 3.8) is 0 Å². The minimum Gasteiger partial charge on any atom is -0.347 e. The predicted molar refractivity (Wildman–Crippen MR) is 49.1 cm³/mol. The molecule has 1 rings (SSSR count). The van der Waals surface area contributed by atoms with Gasteiger partial charge in [-0.05, 0) is 6.92 Å². The number of hydrogen-bond acceptors (Lipinski definition) is 5. The Morgan fingerprint density at radius 3 is 2.77 bits per heavy atom. The van der Waals surface area contributed by atoms with Crippen molar-refractivity contribution < 1.29 is 0 Å². The SMILES string of the molecule is CC1N=C(N(C)C)N(N=O)C(=N)N1. The van der Waals surface area contributed by atoms with Crippen LogP contribution < -0.4 is 5.32 Å². The van der Waals surface area contributed by atoms with Gasteiger partial charge in [-0.15, -0.1) is 9.92 Å². The molecule has 1 unspecified atom stereocenters. The lowest BCUT2D eigenvalue weighted by Crippen LogP contribution is -2.53. The second kappa shape index (κ2) is 3.38. The molecule has 0 aromatic heterocycles. The molecular formula is C6H12N6O. The molecule has 1 heterocycles. The highest BCUT2D eigenvalue weighted by atomic mass is 16.3. The van der Waals surface area contributed by atoms with E-state index in [0.29, 0.717) is 5.96 Å². The Balaban J connectivity index is 2.98. The van der Waals surface area contributed by atoms with E-state index in [1.54, 1.807) is 25.9 Å². The molecule has 7 nitrogen and oxygen atoms in total. The predicted octanol–water partition coefficient (Wildman–Crippen LogP) is -0.229. The second-order valence-corrected chi connectivity index (χ2v) is 2.89. The van der Waals surface area contributed by atoms with Crippen LogP contribution in [0.3, 0.4) is 0 Å². The van der Waals surface area contributed by atoms with Crippen molar-refractivity contribution in [2.75, 3.05) is 14.1 Å². The third kappa shape index (κ3) is 1.74. The maximum atomic E-state index is 10.4. The molecule has 7 heteroatoms. The minimum absolute atomic E-state index is 0.0544. The van der Waals surface area contributed by atoms with Crippen LogP contribution in [0.25, 0.3) is 0 Å². The normalized spacial score (nSPS) is 22.1. The second-order valence-electron chi connectivity index (χ2n) is 2.89. The highest BCUT2D eigenvalue weighted by Gasteiger charge is 2.25. The van der Waals surface area contributed by atoms with E-state index in [2.05, 4.69) is 15.6 Å². The molecule has 1 aliphatic heterocycles. The fourth-order valence-electron chi connectivity index (χ4n) is 1.00. The van der Waals surface area contributed by atoms with E-state index in [-0.39, 0.29) is 12.1 Å². The van der Waals surface area contributed by atoms with Gasteiger partial charge in [0.1, 0.15) is 6.17 Å². The summed E-state index contributed by atoms with van der Waals surface area (Å²) >= 11 is 0. The molecule has 0 amide bonds. The summed E-state index contributed by atoms with van der Waals surface area (Å²) in [6, 6.07) is 0. The van der Waals surface area contributed by atoms with Crippen molar-refractivity contribution in [1.82, 2.24) is 15.2 Å². The topological polar surface area (TPSA) is 84.2 Å². The van der Waals surface area contributed by atoms with Crippen molar-refractivity contribution in [1.29, 1.82) is 5.41 Å². The monoisotopic (exact) mass is 184 g/mol. The van der Waals surface area contributed by atoms with Crippen LogP contribution in [-0.4, -0.2) is 42.1 Å². The van der Waals surface area contributed by atoms with Crippen LogP contribution in [0.15, 0.2) is 10.3 Å². The first kappa shape index (κ1) is 9.43. The third-order valence-electron chi connectivity index (χ3n) is 1.54. The fraction of sp³-hybridized carbons (Fsp3) is 0.667. The largest absolute Gasteiger partial charge is 0.347 e. The van der Waals surface area contributed by atoms with Gasteiger partial charge in [-0.3, -0.25) is 5.41 Å². The zero-order chi connectivity index (χ0) is 10.0. The van der Waals surface area contributed by atoms with Crippen LogP contribution in [-0.2, 0) is 0 Å². The summed E-state index contributed by atoms with van der Waals surface area (Å²) in [5.74, 6) is 0.312. The fourth-order valence-corrected chi connectivity index (χ4v) is 1.00. The van der Waals surface area contributed by atoms with Crippen molar-refractivity contribution in [3.8, 4) is 0 Å². The Bertz CT molecular complexity index is 260. The number of hydrogen-bond donors (Lipinski definition) is 2. The van der Waals surface area contributed by atoms with E-state index in [0.717, 1.165) is 5.01 Å². The van der Waals surface area contributed by atoms with E-state index in [1.807, 2.05) is 0 Å². The molecule has 0 bridgehead atoms. The molecule has 1 aliphatic rings. The molecule has 0 aromatic carbocycles. The molecule has 1 atom stereocenters. The maximum absolute atomic E-state index is 10.4. The standard InChI is InChI=1S/C6H12N6O/c1-4-8-5(7)12(10-13)6(9-4)11(2)3/h4H,1-3H3,(H2,7,8). The zero-order valence-corrected chi connectivity index (χ0v) is 7.77. The lowest BCUT2D eigenvalue weighted by molar-refractivity contribution is 0.442. The summed E-state index contributed by atoms with van der Waals surface area (Å²) in [5.41, 5.74) is 0. The number of nitrogens with one attached hydrogen (secondary N) is 2. The van der Waals surface area contributed by atoms with Gasteiger partial charge < -0.3 is 10.2 Å². The quantitative estimate of drug-likeness (QED) is 0.551. The summed E-state index contributed by atoms with van der Waals surface area (Å²) in [5, 5.41) is 13.7. The molecule has 0 aliphatic carbocycles. The minimum atomic E-state index is -0.206. The van der Waals surface area contributed by atoms with Crippen LogP contribution in [0.2, 0.25) is 0 Å². The highest BCUT2D eigenvalue weighted by molar-refractivity contribution is 5.98. The number of rotatable bonds is 1. The van der Waals surface area contributed by atoms with Gasteiger partial charge in [-0.2, -0.15) is 0 Å². The van der Waals surface area contributed by atoms with Crippen LogP contribution in [0.1, 0.15) is 6.92 Å². The molecule has 0 spiro atoms. The van der Waals surface area contributed by atoms with Gasteiger partial charge in [0.2, 0.25) is 11.9 Å². The number of guanidine groups is 2. The molecule has 13 heavy (non-hydrogen) atoms. The van der Waals surface area contributed by atoms with Crippen LogP contribution in [0.4, 0.5) is 0 Å². The van der Waals surface area contributed by atoms with E-state index in [4.69, 9.17) is 5.41 Å². The van der Waals surface area contributed by atoms with E-state index < -0.39 is 0 Å². The van der Waals surface area contributed by atoms with Crippen LogP contribution in [0, 0.1) is 10.3 Å². The molecule has 0 radical (unpaired) electrons. The van der Waals surface area contributed by atoms with Crippen molar-refractivity contribution in [2.45, 2.75) is 13.1 Å². The lowest BCUT2D eigenvalue weighted by Gasteiger charge is -2.29. The van der Waals surface area contributed by atoms with Crippen LogP contribution >= 0.6 is 0 Å². The van der Waals surface area contributed by atoms with Gasteiger partial charge in [0, 0.05) is 14.1 Å². The average Bonchev–Trinajstić information content (AvgIpc) is 2.02. The summed E-state index contributed by atoms with van der Waals surface area (Å²) in [6.07, 6.45) is -0.206. The molecular weight excluding hydrogens is 172 g/mol. The molecule has 0 fully saturated rings. The summed E-state index contributed by atoms with van der Waals surface area (Å²) in [4.78, 5) is 16.1. The summed E-state index contributed by atoms with van der Waals surface area (Å²) in [6.45, 7) is 1.79. The summed E-state index contributed by atoms with van der Waals surface area (Å²) in [7, 11) is 3.48. The van der Waals surface area contributed by atoms with Crippen LogP contribution in [0.5, 0.6) is 0 Å². The number of nitroso groups, excluding NO2 is 1. The van der Waals surface area contributed by atoms with Crippen molar-refractivity contribution in [2.24, 2.45) is 10.3 Å². The maximum Gasteiger partial charge on any atom is 0.229 e. The first-order valence-corrected chi connectivity index (χ1v) is 3.80. The molecule has 2 N–H and O–H groups in total.